The molecule has 0 aliphatic carbocycles. The van der Waals surface area contributed by atoms with E-state index in [1.54, 1.807) is 0 Å². The van der Waals surface area contributed by atoms with Gasteiger partial charge in [-0.3, -0.25) is 0 Å². The van der Waals surface area contributed by atoms with Crippen molar-refractivity contribution in [2.24, 2.45) is 11.3 Å². The first kappa shape index (κ1) is 13.6. The number of rotatable bonds is 6. The van der Waals surface area contributed by atoms with Crippen LogP contribution < -0.4 is 5.32 Å². The molecule has 0 atom stereocenters. The van der Waals surface area contributed by atoms with Crippen LogP contribution in [-0.2, 0) is 17.7 Å². The summed E-state index contributed by atoms with van der Waals surface area (Å²) in [7, 11) is 0. The molecule has 0 bridgehead atoms. The Balaban J connectivity index is 1.75. The molecule has 100 valence electrons. The summed E-state index contributed by atoms with van der Waals surface area (Å²) < 4.78 is 5.25. The standard InChI is InChI=1S/C16H25NO/c1-13(2)8-14-4-6-15(7-5-14)9-17-10-16(3)11-18-12-16/h4-7,13,17H,8-12H2,1-3H3. The number of hydrogen-bond acceptors (Lipinski definition) is 2. The summed E-state index contributed by atoms with van der Waals surface area (Å²) in [6, 6.07) is 8.99. The highest BCUT2D eigenvalue weighted by Crippen LogP contribution is 2.25. The smallest absolute Gasteiger partial charge is 0.0554 e. The highest BCUT2D eigenvalue weighted by molar-refractivity contribution is 5.22. The van der Waals surface area contributed by atoms with Gasteiger partial charge in [-0.15, -0.1) is 0 Å². The fourth-order valence-electron chi connectivity index (χ4n) is 2.33. The number of benzene rings is 1. The average Bonchev–Trinajstić information content (AvgIpc) is 2.28. The van der Waals surface area contributed by atoms with Crippen LogP contribution in [-0.4, -0.2) is 19.8 Å². The van der Waals surface area contributed by atoms with Crippen molar-refractivity contribution in [3.63, 3.8) is 0 Å². The molecule has 18 heavy (non-hydrogen) atoms. The molecule has 1 aliphatic rings. The third-order valence-corrected chi connectivity index (χ3v) is 3.45. The van der Waals surface area contributed by atoms with Crippen molar-refractivity contribution in [3.8, 4) is 0 Å². The van der Waals surface area contributed by atoms with E-state index >= 15 is 0 Å². The zero-order chi connectivity index (χ0) is 13.0. The van der Waals surface area contributed by atoms with Crippen molar-refractivity contribution in [2.45, 2.75) is 33.7 Å². The molecule has 0 saturated carbocycles. The van der Waals surface area contributed by atoms with Crippen LogP contribution >= 0.6 is 0 Å². The maximum Gasteiger partial charge on any atom is 0.0554 e. The number of ether oxygens (including phenoxy) is 1. The molecule has 2 heteroatoms. The predicted octanol–water partition coefficient (Wildman–Crippen LogP) is 3.01. The van der Waals surface area contributed by atoms with E-state index in [1.807, 2.05) is 0 Å². The second-order valence-electron chi connectivity index (χ2n) is 6.32. The van der Waals surface area contributed by atoms with Crippen LogP contribution in [0.5, 0.6) is 0 Å². The minimum atomic E-state index is 0.359. The van der Waals surface area contributed by atoms with Crippen LogP contribution in [0.1, 0.15) is 31.9 Å². The van der Waals surface area contributed by atoms with Gasteiger partial charge in [0.1, 0.15) is 0 Å². The van der Waals surface area contributed by atoms with E-state index in [4.69, 9.17) is 4.74 Å². The van der Waals surface area contributed by atoms with E-state index in [1.165, 1.54) is 17.5 Å². The predicted molar refractivity (Wildman–Crippen MR) is 75.6 cm³/mol. The molecule has 0 unspecified atom stereocenters. The SMILES string of the molecule is CC(C)Cc1ccc(CNCC2(C)COC2)cc1. The Bertz CT molecular complexity index is 365. The monoisotopic (exact) mass is 247 g/mol. The Hall–Kier alpha value is -0.860. The lowest BCUT2D eigenvalue weighted by Gasteiger charge is -2.38. The molecule has 0 aromatic heterocycles. The van der Waals surface area contributed by atoms with E-state index in [0.29, 0.717) is 5.41 Å². The highest BCUT2D eigenvalue weighted by atomic mass is 16.5. The van der Waals surface area contributed by atoms with Gasteiger partial charge in [-0.1, -0.05) is 45.0 Å². The van der Waals surface area contributed by atoms with Crippen molar-refractivity contribution < 1.29 is 4.74 Å². The Morgan fingerprint density at radius 1 is 1.17 bits per heavy atom. The van der Waals surface area contributed by atoms with Gasteiger partial charge in [0.2, 0.25) is 0 Å². The van der Waals surface area contributed by atoms with Crippen LogP contribution in [0, 0.1) is 11.3 Å². The first-order valence-electron chi connectivity index (χ1n) is 6.94. The fourth-order valence-corrected chi connectivity index (χ4v) is 2.33. The first-order chi connectivity index (χ1) is 8.57. The zero-order valence-electron chi connectivity index (χ0n) is 11.8. The van der Waals surface area contributed by atoms with E-state index in [9.17, 15) is 0 Å². The van der Waals surface area contributed by atoms with Crippen LogP contribution in [0.15, 0.2) is 24.3 Å². The molecule has 2 rings (SSSR count). The van der Waals surface area contributed by atoms with Crippen LogP contribution in [0.4, 0.5) is 0 Å². The minimum Gasteiger partial charge on any atom is -0.380 e. The van der Waals surface area contributed by atoms with E-state index in [0.717, 1.165) is 32.2 Å². The molecule has 0 spiro atoms. The Morgan fingerprint density at radius 3 is 2.28 bits per heavy atom. The third-order valence-electron chi connectivity index (χ3n) is 3.45. The average molecular weight is 247 g/mol. The summed E-state index contributed by atoms with van der Waals surface area (Å²) in [6.07, 6.45) is 1.17. The molecular formula is C16H25NO. The number of hydrogen-bond donors (Lipinski definition) is 1. The second-order valence-corrected chi connectivity index (χ2v) is 6.32. The first-order valence-corrected chi connectivity index (χ1v) is 6.94. The number of nitrogens with one attached hydrogen (secondary N) is 1. The zero-order valence-corrected chi connectivity index (χ0v) is 11.8. The third kappa shape index (κ3) is 3.82. The molecule has 1 aliphatic heterocycles. The van der Waals surface area contributed by atoms with Crippen molar-refractivity contribution in [1.29, 1.82) is 0 Å². The molecule has 0 radical (unpaired) electrons. The van der Waals surface area contributed by atoms with E-state index in [2.05, 4.69) is 50.4 Å². The van der Waals surface area contributed by atoms with Gasteiger partial charge >= 0.3 is 0 Å². The van der Waals surface area contributed by atoms with Crippen LogP contribution in [0.25, 0.3) is 0 Å². The second kappa shape index (κ2) is 5.85. The lowest BCUT2D eigenvalue weighted by atomic mass is 9.89. The minimum absolute atomic E-state index is 0.359. The molecule has 1 aromatic rings. The summed E-state index contributed by atoms with van der Waals surface area (Å²) in [5, 5.41) is 3.52. The topological polar surface area (TPSA) is 21.3 Å². The van der Waals surface area contributed by atoms with Crippen molar-refractivity contribution >= 4 is 0 Å². The quantitative estimate of drug-likeness (QED) is 0.834. The van der Waals surface area contributed by atoms with Gasteiger partial charge in [-0.2, -0.15) is 0 Å². The maximum atomic E-state index is 5.25. The van der Waals surface area contributed by atoms with Crippen molar-refractivity contribution in [2.75, 3.05) is 19.8 Å². The fraction of sp³-hybridized carbons (Fsp3) is 0.625. The summed E-state index contributed by atoms with van der Waals surface area (Å²) in [5.74, 6) is 0.729. The summed E-state index contributed by atoms with van der Waals surface area (Å²) in [5.41, 5.74) is 3.16. The molecule has 1 fully saturated rings. The molecular weight excluding hydrogens is 222 g/mol. The summed E-state index contributed by atoms with van der Waals surface area (Å²) in [6.45, 7) is 10.6. The van der Waals surface area contributed by atoms with Crippen molar-refractivity contribution in [1.82, 2.24) is 5.32 Å². The Morgan fingerprint density at radius 2 is 1.78 bits per heavy atom. The van der Waals surface area contributed by atoms with E-state index in [-0.39, 0.29) is 0 Å². The van der Waals surface area contributed by atoms with Gasteiger partial charge in [0.05, 0.1) is 13.2 Å². The van der Waals surface area contributed by atoms with Crippen LogP contribution in [0.3, 0.4) is 0 Å². The summed E-state index contributed by atoms with van der Waals surface area (Å²) in [4.78, 5) is 0. The van der Waals surface area contributed by atoms with Gasteiger partial charge in [0, 0.05) is 18.5 Å². The Kier molecular flexibility index (Phi) is 4.41. The molecule has 1 N–H and O–H groups in total. The normalized spacial score (nSPS) is 17.8. The van der Waals surface area contributed by atoms with Gasteiger partial charge < -0.3 is 10.1 Å². The molecule has 2 nitrogen and oxygen atoms in total. The van der Waals surface area contributed by atoms with E-state index < -0.39 is 0 Å². The van der Waals surface area contributed by atoms with Gasteiger partial charge in [0.25, 0.3) is 0 Å². The largest absolute Gasteiger partial charge is 0.380 e. The van der Waals surface area contributed by atoms with Gasteiger partial charge in [-0.05, 0) is 23.5 Å². The summed E-state index contributed by atoms with van der Waals surface area (Å²) >= 11 is 0. The van der Waals surface area contributed by atoms with Crippen molar-refractivity contribution in [3.05, 3.63) is 35.4 Å². The van der Waals surface area contributed by atoms with Gasteiger partial charge in [0.15, 0.2) is 0 Å². The molecule has 1 aromatic carbocycles. The molecule has 1 saturated heterocycles. The lowest BCUT2D eigenvalue weighted by Crippen LogP contribution is -2.47. The highest BCUT2D eigenvalue weighted by Gasteiger charge is 2.32. The maximum absolute atomic E-state index is 5.25. The van der Waals surface area contributed by atoms with Gasteiger partial charge in [-0.25, -0.2) is 0 Å². The lowest BCUT2D eigenvalue weighted by molar-refractivity contribution is -0.0991. The Labute approximate surface area is 111 Å². The van der Waals surface area contributed by atoms with Crippen LogP contribution in [0.2, 0.25) is 0 Å². The molecule has 1 heterocycles. The molecule has 0 amide bonds.